The SMILES string of the molecule is Cc1cnc(N2C[C@@H](C3CC3)O[C@@H](C)C2)s1. The lowest BCUT2D eigenvalue weighted by Gasteiger charge is -2.36. The average Bonchev–Trinajstić information content (AvgIpc) is 3.01. The standard InChI is InChI=1S/C12H18N2OS/c1-8-6-14(12-13-5-9(2)16-12)7-11(15-8)10-3-4-10/h5,8,10-11H,3-4,6-7H2,1-2H3/t8-,11-/m0/s1. The van der Waals surface area contributed by atoms with Crippen molar-refractivity contribution in [3.8, 4) is 0 Å². The molecule has 0 amide bonds. The Morgan fingerprint density at radius 2 is 2.25 bits per heavy atom. The first kappa shape index (κ1) is 10.5. The van der Waals surface area contributed by atoms with Crippen LogP contribution in [-0.4, -0.2) is 30.3 Å². The molecule has 1 aliphatic heterocycles. The molecule has 2 aliphatic rings. The number of aryl methyl sites for hydroxylation is 1. The van der Waals surface area contributed by atoms with Gasteiger partial charge in [-0.2, -0.15) is 0 Å². The highest BCUT2D eigenvalue weighted by Crippen LogP contribution is 2.37. The maximum atomic E-state index is 6.00. The van der Waals surface area contributed by atoms with Gasteiger partial charge in [-0.05, 0) is 32.6 Å². The lowest BCUT2D eigenvalue weighted by molar-refractivity contribution is -0.0271. The van der Waals surface area contributed by atoms with Crippen LogP contribution in [0.15, 0.2) is 6.20 Å². The molecule has 16 heavy (non-hydrogen) atoms. The molecule has 0 aromatic carbocycles. The molecule has 2 atom stereocenters. The summed E-state index contributed by atoms with van der Waals surface area (Å²) in [6, 6.07) is 0. The minimum atomic E-state index is 0.337. The van der Waals surface area contributed by atoms with Gasteiger partial charge in [-0.25, -0.2) is 4.98 Å². The second-order valence-corrected chi connectivity index (χ2v) is 6.19. The summed E-state index contributed by atoms with van der Waals surface area (Å²) in [5, 5.41) is 1.17. The molecule has 0 spiro atoms. The Balaban J connectivity index is 1.74. The van der Waals surface area contributed by atoms with Crippen LogP contribution in [0.2, 0.25) is 0 Å². The Morgan fingerprint density at radius 1 is 1.44 bits per heavy atom. The predicted octanol–water partition coefficient (Wildman–Crippen LogP) is 2.46. The summed E-state index contributed by atoms with van der Waals surface area (Å²) in [5.41, 5.74) is 0. The van der Waals surface area contributed by atoms with Crippen LogP contribution in [0.3, 0.4) is 0 Å². The number of nitrogens with zero attached hydrogens (tertiary/aromatic N) is 2. The van der Waals surface area contributed by atoms with E-state index in [1.807, 2.05) is 6.20 Å². The van der Waals surface area contributed by atoms with Crippen LogP contribution in [0.5, 0.6) is 0 Å². The van der Waals surface area contributed by atoms with Gasteiger partial charge in [-0.15, -0.1) is 11.3 Å². The van der Waals surface area contributed by atoms with Crippen molar-refractivity contribution in [2.24, 2.45) is 5.92 Å². The molecule has 2 fully saturated rings. The minimum absolute atomic E-state index is 0.337. The maximum Gasteiger partial charge on any atom is 0.185 e. The molecular weight excluding hydrogens is 220 g/mol. The van der Waals surface area contributed by atoms with Gasteiger partial charge in [0.1, 0.15) is 0 Å². The van der Waals surface area contributed by atoms with Crippen molar-refractivity contribution in [1.82, 2.24) is 4.98 Å². The van der Waals surface area contributed by atoms with Gasteiger partial charge in [0.25, 0.3) is 0 Å². The van der Waals surface area contributed by atoms with Crippen LogP contribution in [0, 0.1) is 12.8 Å². The zero-order chi connectivity index (χ0) is 11.1. The number of rotatable bonds is 2. The van der Waals surface area contributed by atoms with E-state index in [9.17, 15) is 0 Å². The van der Waals surface area contributed by atoms with Crippen molar-refractivity contribution in [3.05, 3.63) is 11.1 Å². The summed E-state index contributed by atoms with van der Waals surface area (Å²) >= 11 is 1.79. The fraction of sp³-hybridized carbons (Fsp3) is 0.750. The highest BCUT2D eigenvalue weighted by atomic mass is 32.1. The van der Waals surface area contributed by atoms with Crippen molar-refractivity contribution in [2.75, 3.05) is 18.0 Å². The second-order valence-electron chi connectivity index (χ2n) is 4.98. The molecule has 1 saturated carbocycles. The Hall–Kier alpha value is -0.610. The lowest BCUT2D eigenvalue weighted by atomic mass is 10.1. The number of hydrogen-bond acceptors (Lipinski definition) is 4. The van der Waals surface area contributed by atoms with Gasteiger partial charge in [0.2, 0.25) is 0 Å². The van der Waals surface area contributed by atoms with Crippen LogP contribution < -0.4 is 4.90 Å². The topological polar surface area (TPSA) is 25.4 Å². The van der Waals surface area contributed by atoms with E-state index in [0.717, 1.165) is 19.0 Å². The summed E-state index contributed by atoms with van der Waals surface area (Å²) in [7, 11) is 0. The van der Waals surface area contributed by atoms with Gasteiger partial charge in [0, 0.05) is 24.2 Å². The summed E-state index contributed by atoms with van der Waals surface area (Å²) < 4.78 is 6.00. The van der Waals surface area contributed by atoms with E-state index in [-0.39, 0.29) is 0 Å². The fourth-order valence-electron chi connectivity index (χ4n) is 2.36. The van der Waals surface area contributed by atoms with Crippen LogP contribution in [-0.2, 0) is 4.74 Å². The fourth-order valence-corrected chi connectivity index (χ4v) is 3.14. The van der Waals surface area contributed by atoms with E-state index in [1.165, 1.54) is 22.9 Å². The molecule has 2 heterocycles. The van der Waals surface area contributed by atoms with E-state index in [4.69, 9.17) is 4.74 Å². The van der Waals surface area contributed by atoms with Gasteiger partial charge in [0.15, 0.2) is 5.13 Å². The highest BCUT2D eigenvalue weighted by Gasteiger charge is 2.37. The largest absolute Gasteiger partial charge is 0.371 e. The Bertz CT molecular complexity index is 375. The third kappa shape index (κ3) is 2.09. The highest BCUT2D eigenvalue weighted by molar-refractivity contribution is 7.15. The summed E-state index contributed by atoms with van der Waals surface area (Å²) in [4.78, 5) is 8.16. The molecular formula is C12H18N2OS. The number of hydrogen-bond donors (Lipinski definition) is 0. The number of morpholine rings is 1. The second kappa shape index (κ2) is 4.00. The summed E-state index contributed by atoms with van der Waals surface area (Å²) in [6.07, 6.45) is 5.44. The monoisotopic (exact) mass is 238 g/mol. The molecule has 4 heteroatoms. The third-order valence-corrected chi connectivity index (χ3v) is 4.29. The average molecular weight is 238 g/mol. The molecule has 0 radical (unpaired) electrons. The Kier molecular flexibility index (Phi) is 2.64. The number of thiazole rings is 1. The third-order valence-electron chi connectivity index (χ3n) is 3.31. The van der Waals surface area contributed by atoms with Gasteiger partial charge in [0.05, 0.1) is 12.2 Å². The van der Waals surface area contributed by atoms with Crippen LogP contribution >= 0.6 is 11.3 Å². The molecule has 0 bridgehead atoms. The van der Waals surface area contributed by atoms with E-state index < -0.39 is 0 Å². The first-order valence-electron chi connectivity index (χ1n) is 6.05. The number of ether oxygens (including phenoxy) is 1. The zero-order valence-electron chi connectivity index (χ0n) is 9.85. The van der Waals surface area contributed by atoms with Crippen LogP contribution in [0.1, 0.15) is 24.6 Å². The number of anilines is 1. The van der Waals surface area contributed by atoms with E-state index in [1.54, 1.807) is 11.3 Å². The number of aromatic nitrogens is 1. The molecule has 1 aromatic rings. The molecule has 3 rings (SSSR count). The minimum Gasteiger partial charge on any atom is -0.371 e. The van der Waals surface area contributed by atoms with Crippen LogP contribution in [0.25, 0.3) is 0 Å². The first-order chi connectivity index (χ1) is 7.72. The zero-order valence-corrected chi connectivity index (χ0v) is 10.7. The van der Waals surface area contributed by atoms with Crippen molar-refractivity contribution >= 4 is 16.5 Å². The maximum absolute atomic E-state index is 6.00. The Morgan fingerprint density at radius 3 is 2.88 bits per heavy atom. The van der Waals surface area contributed by atoms with Crippen molar-refractivity contribution in [3.63, 3.8) is 0 Å². The normalized spacial score (nSPS) is 30.8. The molecule has 3 nitrogen and oxygen atoms in total. The summed E-state index contributed by atoms with van der Waals surface area (Å²) in [5.74, 6) is 0.811. The molecule has 1 aromatic heterocycles. The smallest absolute Gasteiger partial charge is 0.185 e. The van der Waals surface area contributed by atoms with Gasteiger partial charge >= 0.3 is 0 Å². The van der Waals surface area contributed by atoms with E-state index >= 15 is 0 Å². The molecule has 88 valence electrons. The predicted molar refractivity (Wildman–Crippen MR) is 66.1 cm³/mol. The lowest BCUT2D eigenvalue weighted by Crippen LogP contribution is -2.47. The van der Waals surface area contributed by atoms with Gasteiger partial charge in [-0.1, -0.05) is 0 Å². The molecule has 0 N–H and O–H groups in total. The quantitative estimate of drug-likeness (QED) is 0.791. The van der Waals surface area contributed by atoms with Crippen molar-refractivity contribution in [1.29, 1.82) is 0 Å². The molecule has 0 unspecified atom stereocenters. The van der Waals surface area contributed by atoms with E-state index in [2.05, 4.69) is 23.7 Å². The van der Waals surface area contributed by atoms with Gasteiger partial charge < -0.3 is 9.64 Å². The first-order valence-corrected chi connectivity index (χ1v) is 6.87. The van der Waals surface area contributed by atoms with Crippen molar-refractivity contribution < 1.29 is 4.74 Å². The van der Waals surface area contributed by atoms with E-state index in [0.29, 0.717) is 12.2 Å². The molecule has 1 aliphatic carbocycles. The van der Waals surface area contributed by atoms with Gasteiger partial charge in [-0.3, -0.25) is 0 Å². The Labute approximate surface area is 100 Å². The van der Waals surface area contributed by atoms with Crippen LogP contribution in [0.4, 0.5) is 5.13 Å². The summed E-state index contributed by atoms with van der Waals surface area (Å²) in [6.45, 7) is 6.30. The van der Waals surface area contributed by atoms with Crippen molar-refractivity contribution in [2.45, 2.75) is 38.9 Å². The molecule has 1 saturated heterocycles.